The van der Waals surface area contributed by atoms with Gasteiger partial charge in [-0.2, -0.15) is 17.4 Å². The zero-order valence-electron chi connectivity index (χ0n) is 11.3. The van der Waals surface area contributed by atoms with E-state index in [-0.39, 0.29) is 18.4 Å². The molecule has 18 heavy (non-hydrogen) atoms. The normalized spacial score (nSPS) is 24.2. The maximum Gasteiger partial charge on any atom is 0.279 e. The summed E-state index contributed by atoms with van der Waals surface area (Å²) in [6.07, 6.45) is 4.88. The van der Waals surface area contributed by atoms with Crippen molar-refractivity contribution in [2.75, 3.05) is 20.1 Å². The number of halogens is 1. The molecule has 110 valence electrons. The van der Waals surface area contributed by atoms with Crippen molar-refractivity contribution in [3.63, 3.8) is 0 Å². The first-order valence-corrected chi connectivity index (χ1v) is 7.89. The van der Waals surface area contributed by atoms with Crippen LogP contribution in [-0.4, -0.2) is 38.9 Å². The van der Waals surface area contributed by atoms with Crippen LogP contribution in [0, 0.1) is 5.92 Å². The van der Waals surface area contributed by atoms with E-state index in [9.17, 15) is 8.42 Å². The van der Waals surface area contributed by atoms with Crippen LogP contribution in [0.25, 0.3) is 0 Å². The summed E-state index contributed by atoms with van der Waals surface area (Å²) in [4.78, 5) is 0. The van der Waals surface area contributed by atoms with E-state index >= 15 is 0 Å². The first-order chi connectivity index (χ1) is 8.01. The molecule has 0 saturated heterocycles. The van der Waals surface area contributed by atoms with Crippen molar-refractivity contribution in [2.24, 2.45) is 11.7 Å². The number of hydrogen-bond donors (Lipinski definition) is 2. The molecule has 0 aliphatic heterocycles. The molecule has 0 aromatic carbocycles. The molecule has 3 N–H and O–H groups in total. The number of unbranched alkanes of at least 4 members (excludes halogenated alkanes) is 1. The SMILES string of the molecule is CCCCN(C)S(=O)(=O)NC1CCCC1CN.Cl. The van der Waals surface area contributed by atoms with Crippen molar-refractivity contribution in [2.45, 2.75) is 45.1 Å². The van der Waals surface area contributed by atoms with Crippen molar-refractivity contribution in [1.82, 2.24) is 9.03 Å². The first-order valence-electron chi connectivity index (χ1n) is 6.45. The maximum absolute atomic E-state index is 12.0. The molecule has 0 heterocycles. The Morgan fingerprint density at radius 2 is 2.06 bits per heavy atom. The molecule has 0 radical (unpaired) electrons. The van der Waals surface area contributed by atoms with Crippen LogP contribution >= 0.6 is 12.4 Å². The van der Waals surface area contributed by atoms with Crippen molar-refractivity contribution >= 4 is 22.6 Å². The highest BCUT2D eigenvalue weighted by molar-refractivity contribution is 7.87. The molecule has 0 bridgehead atoms. The number of nitrogens with zero attached hydrogens (tertiary/aromatic N) is 1. The largest absolute Gasteiger partial charge is 0.330 e. The van der Waals surface area contributed by atoms with Gasteiger partial charge in [0.15, 0.2) is 0 Å². The van der Waals surface area contributed by atoms with Gasteiger partial charge in [-0.1, -0.05) is 19.8 Å². The molecule has 1 aliphatic carbocycles. The molecule has 2 atom stereocenters. The molecule has 7 heteroatoms. The van der Waals surface area contributed by atoms with Crippen molar-refractivity contribution < 1.29 is 8.42 Å². The minimum atomic E-state index is -3.33. The molecule has 1 fully saturated rings. The monoisotopic (exact) mass is 299 g/mol. The third kappa shape index (κ3) is 5.01. The van der Waals surface area contributed by atoms with E-state index in [2.05, 4.69) is 11.6 Å². The Morgan fingerprint density at radius 1 is 1.39 bits per heavy atom. The number of nitrogens with one attached hydrogen (secondary N) is 1. The first kappa shape index (κ1) is 18.1. The summed E-state index contributed by atoms with van der Waals surface area (Å²) < 4.78 is 28.2. The Kier molecular flexibility index (Phi) is 8.38. The van der Waals surface area contributed by atoms with Gasteiger partial charge in [-0.3, -0.25) is 0 Å². The third-order valence-electron chi connectivity index (χ3n) is 3.50. The van der Waals surface area contributed by atoms with Crippen LogP contribution in [0.1, 0.15) is 39.0 Å². The van der Waals surface area contributed by atoms with Gasteiger partial charge in [0.2, 0.25) is 0 Å². The second-order valence-corrected chi connectivity index (χ2v) is 6.64. The van der Waals surface area contributed by atoms with Gasteiger partial charge in [-0.15, -0.1) is 12.4 Å². The highest BCUT2D eigenvalue weighted by atomic mass is 35.5. The molecule has 5 nitrogen and oxygen atoms in total. The number of nitrogens with two attached hydrogens (primary N) is 1. The molecular formula is C11H26ClN3O2S. The quantitative estimate of drug-likeness (QED) is 0.739. The standard InChI is InChI=1S/C11H25N3O2S.ClH/c1-3-4-8-14(2)17(15,16)13-11-7-5-6-10(11)9-12;/h10-11,13H,3-9,12H2,1-2H3;1H. The summed E-state index contributed by atoms with van der Waals surface area (Å²) in [6.45, 7) is 3.19. The maximum atomic E-state index is 12.0. The summed E-state index contributed by atoms with van der Waals surface area (Å²) >= 11 is 0. The van der Waals surface area contributed by atoms with E-state index in [1.807, 2.05) is 0 Å². The molecule has 1 aliphatic rings. The topological polar surface area (TPSA) is 75.4 Å². The Balaban J connectivity index is 0.00000289. The van der Waals surface area contributed by atoms with Crippen LogP contribution in [0.15, 0.2) is 0 Å². The lowest BCUT2D eigenvalue weighted by atomic mass is 10.1. The summed E-state index contributed by atoms with van der Waals surface area (Å²) in [5.41, 5.74) is 5.65. The van der Waals surface area contributed by atoms with E-state index in [4.69, 9.17) is 5.73 Å². The zero-order chi connectivity index (χ0) is 12.9. The molecule has 0 aromatic heterocycles. The highest BCUT2D eigenvalue weighted by Crippen LogP contribution is 2.25. The van der Waals surface area contributed by atoms with Crippen LogP contribution in [0.5, 0.6) is 0 Å². The van der Waals surface area contributed by atoms with Gasteiger partial charge in [0.25, 0.3) is 10.2 Å². The predicted octanol–water partition coefficient (Wildman–Crippen LogP) is 1.10. The van der Waals surface area contributed by atoms with Crippen molar-refractivity contribution in [3.8, 4) is 0 Å². The van der Waals surface area contributed by atoms with Crippen molar-refractivity contribution in [3.05, 3.63) is 0 Å². The van der Waals surface area contributed by atoms with Gasteiger partial charge in [0.1, 0.15) is 0 Å². The van der Waals surface area contributed by atoms with Gasteiger partial charge in [-0.25, -0.2) is 0 Å². The van der Waals surface area contributed by atoms with Gasteiger partial charge in [-0.05, 0) is 31.7 Å². The molecule has 0 spiro atoms. The van der Waals surface area contributed by atoms with E-state index in [0.717, 1.165) is 32.1 Å². The fourth-order valence-corrected chi connectivity index (χ4v) is 3.50. The fraction of sp³-hybridized carbons (Fsp3) is 1.00. The minimum Gasteiger partial charge on any atom is -0.330 e. The summed E-state index contributed by atoms with van der Waals surface area (Å²) in [6, 6.07) is 0.0223. The molecule has 1 saturated carbocycles. The lowest BCUT2D eigenvalue weighted by molar-refractivity contribution is 0.411. The Hall–Kier alpha value is 0.120. The van der Waals surface area contributed by atoms with Gasteiger partial charge >= 0.3 is 0 Å². The van der Waals surface area contributed by atoms with Crippen LogP contribution in [0.3, 0.4) is 0 Å². The molecule has 0 aromatic rings. The zero-order valence-corrected chi connectivity index (χ0v) is 12.9. The molecule has 2 unspecified atom stereocenters. The van der Waals surface area contributed by atoms with Crippen LogP contribution in [0.2, 0.25) is 0 Å². The average Bonchev–Trinajstić information content (AvgIpc) is 2.72. The van der Waals surface area contributed by atoms with Crippen LogP contribution in [0.4, 0.5) is 0 Å². The van der Waals surface area contributed by atoms with E-state index < -0.39 is 10.2 Å². The van der Waals surface area contributed by atoms with Crippen LogP contribution in [-0.2, 0) is 10.2 Å². The van der Waals surface area contributed by atoms with E-state index in [1.54, 1.807) is 7.05 Å². The Morgan fingerprint density at radius 3 is 2.61 bits per heavy atom. The number of rotatable bonds is 7. The lowest BCUT2D eigenvalue weighted by Crippen LogP contribution is -2.46. The van der Waals surface area contributed by atoms with Gasteiger partial charge < -0.3 is 5.73 Å². The molecule has 0 amide bonds. The Bertz CT molecular complexity index is 324. The highest BCUT2D eigenvalue weighted by Gasteiger charge is 2.30. The number of hydrogen-bond acceptors (Lipinski definition) is 3. The summed E-state index contributed by atoms with van der Waals surface area (Å²) in [5.74, 6) is 0.296. The van der Waals surface area contributed by atoms with Gasteiger partial charge in [0, 0.05) is 19.6 Å². The second-order valence-electron chi connectivity index (χ2n) is 4.83. The van der Waals surface area contributed by atoms with Gasteiger partial charge in [0.05, 0.1) is 0 Å². The van der Waals surface area contributed by atoms with E-state index in [1.165, 1.54) is 4.31 Å². The smallest absolute Gasteiger partial charge is 0.279 e. The van der Waals surface area contributed by atoms with Crippen molar-refractivity contribution in [1.29, 1.82) is 0 Å². The second kappa shape index (κ2) is 8.32. The average molecular weight is 300 g/mol. The fourth-order valence-electron chi connectivity index (χ4n) is 2.26. The Labute approximate surface area is 117 Å². The summed E-state index contributed by atoms with van der Waals surface area (Å²) in [7, 11) is -1.70. The third-order valence-corrected chi connectivity index (χ3v) is 5.10. The summed E-state index contributed by atoms with van der Waals surface area (Å²) in [5, 5.41) is 0. The van der Waals surface area contributed by atoms with Crippen LogP contribution < -0.4 is 10.5 Å². The predicted molar refractivity (Wildman–Crippen MR) is 77.0 cm³/mol. The minimum absolute atomic E-state index is 0. The molecule has 1 rings (SSSR count). The lowest BCUT2D eigenvalue weighted by Gasteiger charge is -2.23. The van der Waals surface area contributed by atoms with E-state index in [0.29, 0.717) is 19.0 Å². The molecular weight excluding hydrogens is 274 g/mol.